The van der Waals surface area contributed by atoms with Crippen LogP contribution in [0.25, 0.3) is 0 Å². The highest BCUT2D eigenvalue weighted by molar-refractivity contribution is 7.89. The lowest BCUT2D eigenvalue weighted by Gasteiger charge is -2.36. The maximum absolute atomic E-state index is 12.4. The van der Waals surface area contributed by atoms with Crippen LogP contribution >= 0.6 is 0 Å². The number of sulfonamides is 1. The van der Waals surface area contributed by atoms with E-state index < -0.39 is 10.0 Å². The summed E-state index contributed by atoms with van der Waals surface area (Å²) in [6.07, 6.45) is 21.9. The van der Waals surface area contributed by atoms with Gasteiger partial charge in [-0.25, -0.2) is 13.1 Å². The lowest BCUT2D eigenvalue weighted by molar-refractivity contribution is -0.923. The van der Waals surface area contributed by atoms with Gasteiger partial charge in [0.25, 0.3) is 0 Å². The van der Waals surface area contributed by atoms with Crippen molar-refractivity contribution in [1.82, 2.24) is 4.72 Å². The molecule has 0 fully saturated rings. The van der Waals surface area contributed by atoms with E-state index in [1.807, 2.05) is 6.92 Å². The number of quaternary nitrogens is 1. The van der Waals surface area contributed by atoms with Gasteiger partial charge >= 0.3 is 0 Å². The van der Waals surface area contributed by atoms with E-state index in [1.165, 1.54) is 89.9 Å². The second-order valence-corrected chi connectivity index (χ2v) is 12.3. The first-order chi connectivity index (χ1) is 15.8. The highest BCUT2D eigenvalue weighted by atomic mass is 32.2. The zero-order valence-corrected chi connectivity index (χ0v) is 24.1. The first kappa shape index (κ1) is 32.9. The predicted octanol–water partition coefficient (Wildman–Crippen LogP) is 7.82. The van der Waals surface area contributed by atoms with Crippen molar-refractivity contribution in [2.45, 2.75) is 150 Å². The van der Waals surface area contributed by atoms with Crippen LogP contribution in [0.5, 0.6) is 0 Å². The molecule has 0 aliphatic rings. The van der Waals surface area contributed by atoms with Crippen molar-refractivity contribution in [3.05, 3.63) is 0 Å². The molecular weight excluding hydrogens is 428 g/mol. The molecule has 0 saturated heterocycles. The van der Waals surface area contributed by atoms with Gasteiger partial charge < -0.3 is 4.48 Å². The Morgan fingerprint density at radius 3 is 1.33 bits per heavy atom. The number of hydrogen-bond donors (Lipinski definition) is 1. The molecule has 0 saturated carbocycles. The molecule has 200 valence electrons. The average molecular weight is 490 g/mol. The molecule has 5 heteroatoms. The number of hydrogen-bond acceptors (Lipinski definition) is 2. The normalized spacial score (nSPS) is 13.5. The molecule has 0 aromatic carbocycles. The minimum absolute atomic E-state index is 0.0261. The highest BCUT2D eigenvalue weighted by Gasteiger charge is 2.23. The van der Waals surface area contributed by atoms with E-state index in [1.54, 1.807) is 0 Å². The summed E-state index contributed by atoms with van der Waals surface area (Å²) < 4.78 is 28.8. The summed E-state index contributed by atoms with van der Waals surface area (Å²) >= 11 is 0. The third kappa shape index (κ3) is 18.8. The molecule has 1 unspecified atom stereocenters. The summed E-state index contributed by atoms with van der Waals surface area (Å²) in [7, 11) is -3.15. The van der Waals surface area contributed by atoms with Crippen molar-refractivity contribution in [2.75, 3.05) is 31.9 Å². The Labute approximate surface area is 209 Å². The van der Waals surface area contributed by atoms with E-state index in [0.29, 0.717) is 0 Å². The van der Waals surface area contributed by atoms with E-state index in [0.717, 1.165) is 49.9 Å². The molecule has 0 rings (SSSR count). The molecular formula is C28H61N2O2S+. The van der Waals surface area contributed by atoms with Crippen molar-refractivity contribution in [3.8, 4) is 0 Å². The summed E-state index contributed by atoms with van der Waals surface area (Å²) in [5, 5.41) is 0. The molecule has 0 aromatic heterocycles. The Bertz CT molecular complexity index is 510. The third-order valence-electron chi connectivity index (χ3n) is 7.70. The van der Waals surface area contributed by atoms with Crippen LogP contribution in [0, 0.1) is 0 Å². The van der Waals surface area contributed by atoms with Gasteiger partial charge in [0.2, 0.25) is 10.0 Å². The van der Waals surface area contributed by atoms with Gasteiger partial charge in [-0.15, -0.1) is 0 Å². The molecule has 1 atom stereocenters. The summed E-state index contributed by atoms with van der Waals surface area (Å²) in [4.78, 5) is 0. The molecule has 0 aromatic rings. The summed E-state index contributed by atoms with van der Waals surface area (Å²) in [6, 6.07) is 0.0261. The van der Waals surface area contributed by atoms with Crippen molar-refractivity contribution >= 4 is 10.0 Å². The Balaban J connectivity index is 3.62. The quantitative estimate of drug-likeness (QED) is 0.105. The fourth-order valence-electron chi connectivity index (χ4n) is 4.88. The maximum atomic E-state index is 12.4. The Morgan fingerprint density at radius 2 is 0.970 bits per heavy atom. The first-order valence-corrected chi connectivity index (χ1v) is 16.3. The van der Waals surface area contributed by atoms with Crippen molar-refractivity contribution < 1.29 is 12.9 Å². The van der Waals surface area contributed by atoms with Gasteiger partial charge in [0, 0.05) is 12.5 Å². The lowest BCUT2D eigenvalue weighted by Crippen LogP contribution is -2.50. The number of nitrogens with one attached hydrogen (secondary N) is 1. The Kier molecular flexibility index (Phi) is 21.1. The fourth-order valence-corrected chi connectivity index (χ4v) is 6.31. The van der Waals surface area contributed by atoms with Crippen LogP contribution in [0.4, 0.5) is 0 Å². The van der Waals surface area contributed by atoms with Gasteiger partial charge in [-0.1, -0.05) is 103 Å². The van der Waals surface area contributed by atoms with E-state index in [4.69, 9.17) is 0 Å². The molecule has 4 nitrogen and oxygen atoms in total. The molecule has 0 amide bonds. The zero-order valence-electron chi connectivity index (χ0n) is 23.3. The smallest absolute Gasteiger partial charge is 0.211 e. The standard InChI is InChI=1S/C28H61N2O2S/c1-6-10-11-12-13-14-15-16-17-18-19-20-21-22-23-24-27-33(31,32)29-28(5)25-26-30(7-2,8-3)9-4/h28-29H,6-27H2,1-5H3/q+1. The topological polar surface area (TPSA) is 46.2 Å². The molecule has 0 aliphatic carbocycles. The number of unbranched alkanes of at least 4 members (excludes halogenated alkanes) is 15. The minimum Gasteiger partial charge on any atom is -0.324 e. The summed E-state index contributed by atoms with van der Waals surface area (Å²) in [5.41, 5.74) is 0. The van der Waals surface area contributed by atoms with Crippen LogP contribution in [0.15, 0.2) is 0 Å². The van der Waals surface area contributed by atoms with E-state index in [9.17, 15) is 8.42 Å². The van der Waals surface area contributed by atoms with Crippen molar-refractivity contribution in [1.29, 1.82) is 0 Å². The molecule has 0 bridgehead atoms. The van der Waals surface area contributed by atoms with Crippen LogP contribution in [0.1, 0.15) is 144 Å². The SMILES string of the molecule is CCCCCCCCCCCCCCCCCCS(=O)(=O)NC(C)CC[N+](CC)(CC)CC. The van der Waals surface area contributed by atoms with Gasteiger partial charge in [0.1, 0.15) is 0 Å². The van der Waals surface area contributed by atoms with Gasteiger partial charge in [0.05, 0.1) is 31.9 Å². The fraction of sp³-hybridized carbons (Fsp3) is 1.00. The Hall–Kier alpha value is -0.130. The van der Waals surface area contributed by atoms with Crippen LogP contribution in [-0.2, 0) is 10.0 Å². The molecule has 1 N–H and O–H groups in total. The summed E-state index contributed by atoms with van der Waals surface area (Å²) in [5.74, 6) is 0.283. The third-order valence-corrected chi connectivity index (χ3v) is 9.28. The zero-order chi connectivity index (χ0) is 24.8. The molecule has 33 heavy (non-hydrogen) atoms. The largest absolute Gasteiger partial charge is 0.324 e. The molecule has 0 heterocycles. The van der Waals surface area contributed by atoms with Crippen molar-refractivity contribution in [3.63, 3.8) is 0 Å². The molecule has 0 radical (unpaired) electrons. The van der Waals surface area contributed by atoms with Crippen LogP contribution in [0.2, 0.25) is 0 Å². The molecule has 0 aliphatic heterocycles. The second kappa shape index (κ2) is 21.2. The van der Waals surface area contributed by atoms with Crippen LogP contribution in [0.3, 0.4) is 0 Å². The van der Waals surface area contributed by atoms with Crippen LogP contribution < -0.4 is 4.72 Å². The van der Waals surface area contributed by atoms with E-state index in [-0.39, 0.29) is 11.8 Å². The predicted molar refractivity (Wildman–Crippen MR) is 147 cm³/mol. The monoisotopic (exact) mass is 489 g/mol. The van der Waals surface area contributed by atoms with Gasteiger partial charge in [-0.05, 0) is 34.1 Å². The summed E-state index contributed by atoms with van der Waals surface area (Å²) in [6.45, 7) is 15.4. The molecule has 0 spiro atoms. The van der Waals surface area contributed by atoms with Gasteiger partial charge in [-0.2, -0.15) is 0 Å². The maximum Gasteiger partial charge on any atom is 0.211 e. The number of rotatable bonds is 25. The van der Waals surface area contributed by atoms with E-state index in [2.05, 4.69) is 32.4 Å². The lowest BCUT2D eigenvalue weighted by atomic mass is 10.0. The Morgan fingerprint density at radius 1 is 0.606 bits per heavy atom. The highest BCUT2D eigenvalue weighted by Crippen LogP contribution is 2.14. The minimum atomic E-state index is -3.15. The van der Waals surface area contributed by atoms with Gasteiger partial charge in [0.15, 0.2) is 0 Å². The second-order valence-electron chi connectivity index (χ2n) is 10.4. The van der Waals surface area contributed by atoms with Crippen molar-refractivity contribution in [2.24, 2.45) is 0 Å². The van der Waals surface area contributed by atoms with Crippen LogP contribution in [-0.4, -0.2) is 50.9 Å². The number of nitrogens with zero attached hydrogens (tertiary/aromatic N) is 1. The first-order valence-electron chi connectivity index (χ1n) is 14.7. The average Bonchev–Trinajstić information content (AvgIpc) is 2.79. The van der Waals surface area contributed by atoms with E-state index >= 15 is 0 Å². The van der Waals surface area contributed by atoms with Gasteiger partial charge in [-0.3, -0.25) is 0 Å².